The molecule has 0 fully saturated rings. The quantitative estimate of drug-likeness (QED) is 0.666. The molecule has 8 heteroatoms. The van der Waals surface area contributed by atoms with Crippen molar-refractivity contribution >= 4 is 11.7 Å². The van der Waals surface area contributed by atoms with Crippen LogP contribution in [0.4, 0.5) is 5.69 Å². The number of carbonyl (C=O) groups is 1. The molecule has 21 heavy (non-hydrogen) atoms. The summed E-state index contributed by atoms with van der Waals surface area (Å²) in [5.74, 6) is -0.717. The van der Waals surface area contributed by atoms with Crippen LogP contribution in [0.3, 0.4) is 0 Å². The second kappa shape index (κ2) is 5.70. The average molecular weight is 290 g/mol. The molecule has 0 aliphatic heterocycles. The molecular weight excluding hydrogens is 276 g/mol. The van der Waals surface area contributed by atoms with Crippen molar-refractivity contribution in [1.82, 2.24) is 14.8 Å². The summed E-state index contributed by atoms with van der Waals surface area (Å²) in [6.07, 6.45) is 2.06. The number of nitrogens with zero attached hydrogens (tertiary/aromatic N) is 4. The van der Waals surface area contributed by atoms with Gasteiger partial charge in [0.05, 0.1) is 10.5 Å². The van der Waals surface area contributed by atoms with Crippen LogP contribution in [0, 0.1) is 10.1 Å². The molecule has 110 valence electrons. The lowest BCUT2D eigenvalue weighted by atomic mass is 10.2. The minimum absolute atomic E-state index is 0.00381. The Labute approximate surface area is 120 Å². The summed E-state index contributed by atoms with van der Waals surface area (Å²) in [6, 6.07) is 2.88. The fraction of sp³-hybridized carbons (Fsp3) is 0.308. The monoisotopic (exact) mass is 290 g/mol. The summed E-state index contributed by atoms with van der Waals surface area (Å²) in [5, 5.41) is 24.3. The number of hydrogen-bond donors (Lipinski definition) is 1. The Balaban J connectivity index is 2.58. The molecule has 0 aromatic carbocycles. The highest BCUT2D eigenvalue weighted by Gasteiger charge is 2.26. The molecule has 2 aromatic heterocycles. The fourth-order valence-electron chi connectivity index (χ4n) is 2.09. The molecule has 8 nitrogen and oxygen atoms in total. The zero-order valence-corrected chi connectivity index (χ0v) is 11.6. The lowest BCUT2D eigenvalue weighted by Gasteiger charge is -2.04. The van der Waals surface area contributed by atoms with E-state index < -0.39 is 10.9 Å². The largest absolute Gasteiger partial charge is 0.478 e. The van der Waals surface area contributed by atoms with Crippen LogP contribution in [0.5, 0.6) is 0 Å². The van der Waals surface area contributed by atoms with Gasteiger partial charge in [0.1, 0.15) is 11.4 Å². The second-order valence-electron chi connectivity index (χ2n) is 4.33. The molecule has 0 spiro atoms. The Morgan fingerprint density at radius 3 is 2.52 bits per heavy atom. The van der Waals surface area contributed by atoms with Crippen molar-refractivity contribution in [3.63, 3.8) is 0 Å². The first kappa shape index (κ1) is 14.6. The van der Waals surface area contributed by atoms with E-state index in [-0.39, 0.29) is 11.3 Å². The number of hydrogen-bond acceptors (Lipinski definition) is 5. The Morgan fingerprint density at radius 1 is 1.38 bits per heavy atom. The van der Waals surface area contributed by atoms with Gasteiger partial charge in [0.15, 0.2) is 5.82 Å². The highest BCUT2D eigenvalue weighted by molar-refractivity contribution is 5.87. The smallest absolute Gasteiger partial charge is 0.337 e. The molecule has 0 aliphatic rings. The number of aromatic nitrogens is 3. The number of pyridine rings is 1. The summed E-state index contributed by atoms with van der Waals surface area (Å²) in [6.45, 7) is 3.59. The van der Waals surface area contributed by atoms with Crippen molar-refractivity contribution in [3.8, 4) is 5.82 Å². The molecule has 2 aromatic rings. The van der Waals surface area contributed by atoms with Crippen LogP contribution in [-0.4, -0.2) is 30.8 Å². The second-order valence-corrected chi connectivity index (χ2v) is 4.33. The predicted molar refractivity (Wildman–Crippen MR) is 73.7 cm³/mol. The van der Waals surface area contributed by atoms with Gasteiger partial charge >= 0.3 is 11.7 Å². The van der Waals surface area contributed by atoms with Gasteiger partial charge in [0.2, 0.25) is 0 Å². The average Bonchev–Trinajstić information content (AvgIpc) is 2.86. The van der Waals surface area contributed by atoms with E-state index in [1.807, 2.05) is 0 Å². The number of carboxylic acids is 1. The molecule has 0 unspecified atom stereocenters. The van der Waals surface area contributed by atoms with Gasteiger partial charge in [-0.2, -0.15) is 5.10 Å². The highest BCUT2D eigenvalue weighted by Crippen LogP contribution is 2.26. The molecule has 0 saturated carbocycles. The lowest BCUT2D eigenvalue weighted by Crippen LogP contribution is -2.06. The molecular formula is C13H14N4O4. The third-order valence-corrected chi connectivity index (χ3v) is 3.09. The lowest BCUT2D eigenvalue weighted by molar-refractivity contribution is -0.386. The molecule has 2 heterocycles. The van der Waals surface area contributed by atoms with Crippen LogP contribution in [-0.2, 0) is 12.8 Å². The molecule has 0 saturated heterocycles. The zero-order valence-electron chi connectivity index (χ0n) is 11.6. The summed E-state index contributed by atoms with van der Waals surface area (Å²) < 4.78 is 1.41. The van der Waals surface area contributed by atoms with E-state index in [0.29, 0.717) is 30.0 Å². The van der Waals surface area contributed by atoms with E-state index in [4.69, 9.17) is 5.11 Å². The van der Waals surface area contributed by atoms with Crippen LogP contribution < -0.4 is 0 Å². The van der Waals surface area contributed by atoms with Crippen molar-refractivity contribution in [3.05, 3.63) is 45.4 Å². The Morgan fingerprint density at radius 2 is 2.10 bits per heavy atom. The molecule has 0 aliphatic carbocycles. The molecule has 0 bridgehead atoms. The van der Waals surface area contributed by atoms with Gasteiger partial charge < -0.3 is 5.11 Å². The molecule has 0 atom stereocenters. The first-order chi connectivity index (χ1) is 9.99. The molecule has 0 amide bonds. The van der Waals surface area contributed by atoms with Gasteiger partial charge in [-0.3, -0.25) is 10.1 Å². The van der Waals surface area contributed by atoms with E-state index in [1.165, 1.54) is 23.0 Å². The summed E-state index contributed by atoms with van der Waals surface area (Å²) in [5.41, 5.74) is 0.895. The molecule has 0 radical (unpaired) electrons. The van der Waals surface area contributed by atoms with Gasteiger partial charge in [-0.15, -0.1) is 0 Å². The number of aromatic carboxylic acids is 1. The maximum Gasteiger partial charge on any atom is 0.337 e. The number of nitro groups is 1. The number of aryl methyl sites for hydroxylation is 1. The molecule has 1 N–H and O–H groups in total. The van der Waals surface area contributed by atoms with Gasteiger partial charge in [0.25, 0.3) is 0 Å². The van der Waals surface area contributed by atoms with E-state index in [1.54, 1.807) is 13.8 Å². The van der Waals surface area contributed by atoms with E-state index in [9.17, 15) is 14.9 Å². The van der Waals surface area contributed by atoms with E-state index in [2.05, 4.69) is 10.1 Å². The van der Waals surface area contributed by atoms with Crippen LogP contribution in [0.1, 0.15) is 35.6 Å². The number of carboxylic acid groups (broad SMARTS) is 1. The van der Waals surface area contributed by atoms with Crippen LogP contribution in [0.2, 0.25) is 0 Å². The van der Waals surface area contributed by atoms with E-state index >= 15 is 0 Å². The maximum absolute atomic E-state index is 11.2. The van der Waals surface area contributed by atoms with Gasteiger partial charge in [-0.1, -0.05) is 13.8 Å². The van der Waals surface area contributed by atoms with Crippen molar-refractivity contribution in [1.29, 1.82) is 0 Å². The Kier molecular flexibility index (Phi) is 3.97. The summed E-state index contributed by atoms with van der Waals surface area (Å²) in [4.78, 5) is 25.6. The highest BCUT2D eigenvalue weighted by atomic mass is 16.6. The maximum atomic E-state index is 11.2. The first-order valence-corrected chi connectivity index (χ1v) is 6.44. The Hall–Kier alpha value is -2.77. The predicted octanol–water partition coefficient (Wildman–Crippen LogP) is 2.00. The first-order valence-electron chi connectivity index (χ1n) is 6.44. The van der Waals surface area contributed by atoms with Crippen molar-refractivity contribution in [2.45, 2.75) is 26.7 Å². The standard InChI is InChI=1S/C13H14N4O4/c1-3-9-12(17(20)21)10(4-2)16(15-9)11-6-5-8(7-14-11)13(18)19/h5-7H,3-4H2,1-2H3,(H,18,19). The minimum Gasteiger partial charge on any atom is -0.478 e. The van der Waals surface area contributed by atoms with Crippen LogP contribution in [0.25, 0.3) is 5.82 Å². The molecule has 2 rings (SSSR count). The fourth-order valence-corrected chi connectivity index (χ4v) is 2.09. The number of rotatable bonds is 5. The third kappa shape index (κ3) is 2.60. The summed E-state index contributed by atoms with van der Waals surface area (Å²) >= 11 is 0. The van der Waals surface area contributed by atoms with Crippen LogP contribution in [0.15, 0.2) is 18.3 Å². The Bertz CT molecular complexity index is 691. The van der Waals surface area contributed by atoms with Crippen LogP contribution >= 0.6 is 0 Å². The SMILES string of the molecule is CCc1nn(-c2ccc(C(=O)O)cn2)c(CC)c1[N+](=O)[O-]. The zero-order chi connectivity index (χ0) is 15.6. The van der Waals surface area contributed by atoms with Crippen molar-refractivity contribution in [2.75, 3.05) is 0 Å². The third-order valence-electron chi connectivity index (χ3n) is 3.09. The minimum atomic E-state index is -1.08. The van der Waals surface area contributed by atoms with Gasteiger partial charge in [-0.05, 0) is 25.0 Å². The topological polar surface area (TPSA) is 111 Å². The van der Waals surface area contributed by atoms with Crippen molar-refractivity contribution < 1.29 is 14.8 Å². The van der Waals surface area contributed by atoms with Gasteiger partial charge in [-0.25, -0.2) is 14.5 Å². The van der Waals surface area contributed by atoms with Crippen molar-refractivity contribution in [2.24, 2.45) is 0 Å². The van der Waals surface area contributed by atoms with E-state index in [0.717, 1.165) is 0 Å². The summed E-state index contributed by atoms with van der Waals surface area (Å²) in [7, 11) is 0. The van der Waals surface area contributed by atoms with Gasteiger partial charge in [0, 0.05) is 6.20 Å². The normalized spacial score (nSPS) is 10.6.